The van der Waals surface area contributed by atoms with Gasteiger partial charge in [0.15, 0.2) is 0 Å². The lowest BCUT2D eigenvalue weighted by Crippen LogP contribution is -2.41. The number of rotatable bonds is 5. The number of nitrogens with one attached hydrogen (secondary N) is 1. The minimum absolute atomic E-state index is 0.118. The fourth-order valence-corrected chi connectivity index (χ4v) is 3.13. The van der Waals surface area contributed by atoms with Crippen LogP contribution >= 0.6 is 15.9 Å². The van der Waals surface area contributed by atoms with Gasteiger partial charge in [-0.05, 0) is 50.0 Å². The zero-order valence-electron chi connectivity index (χ0n) is 12.6. The maximum atomic E-state index is 10.7. The van der Waals surface area contributed by atoms with Crippen LogP contribution in [0.25, 0.3) is 0 Å². The van der Waals surface area contributed by atoms with Gasteiger partial charge in [-0.25, -0.2) is 0 Å². The SMILES string of the molecule is CN1CCC(C)(CNCc2ccc([N+](=O)[O-])cc2Br)CC1. The van der Waals surface area contributed by atoms with Gasteiger partial charge < -0.3 is 10.2 Å². The van der Waals surface area contributed by atoms with E-state index in [0.29, 0.717) is 5.41 Å². The number of nitro groups is 1. The number of non-ortho nitro benzene ring substituents is 1. The van der Waals surface area contributed by atoms with Gasteiger partial charge in [-0.3, -0.25) is 10.1 Å². The Morgan fingerprint density at radius 2 is 2.10 bits per heavy atom. The Bertz CT molecular complexity index is 514. The van der Waals surface area contributed by atoms with Crippen LogP contribution in [0.3, 0.4) is 0 Å². The zero-order valence-corrected chi connectivity index (χ0v) is 14.1. The molecule has 1 aromatic rings. The van der Waals surface area contributed by atoms with E-state index >= 15 is 0 Å². The van der Waals surface area contributed by atoms with Crippen LogP contribution in [0.2, 0.25) is 0 Å². The summed E-state index contributed by atoms with van der Waals surface area (Å²) in [5.74, 6) is 0. The summed E-state index contributed by atoms with van der Waals surface area (Å²) >= 11 is 3.41. The minimum Gasteiger partial charge on any atom is -0.312 e. The molecule has 5 nitrogen and oxygen atoms in total. The minimum atomic E-state index is -0.373. The van der Waals surface area contributed by atoms with E-state index < -0.39 is 0 Å². The summed E-state index contributed by atoms with van der Waals surface area (Å²) in [5, 5.41) is 14.2. The molecule has 0 spiro atoms. The number of nitro benzene ring substituents is 1. The smallest absolute Gasteiger partial charge is 0.270 e. The molecule has 1 saturated heterocycles. The summed E-state index contributed by atoms with van der Waals surface area (Å²) in [6.07, 6.45) is 2.41. The number of hydrogen-bond donors (Lipinski definition) is 1. The molecule has 1 heterocycles. The van der Waals surface area contributed by atoms with E-state index in [4.69, 9.17) is 0 Å². The number of halogens is 1. The number of nitrogens with zero attached hydrogens (tertiary/aromatic N) is 2. The summed E-state index contributed by atoms with van der Waals surface area (Å²) in [4.78, 5) is 12.7. The summed E-state index contributed by atoms with van der Waals surface area (Å²) < 4.78 is 0.790. The Labute approximate surface area is 134 Å². The van der Waals surface area contributed by atoms with Crippen LogP contribution in [0.4, 0.5) is 5.69 Å². The molecule has 21 heavy (non-hydrogen) atoms. The van der Waals surface area contributed by atoms with Crippen LogP contribution in [0, 0.1) is 15.5 Å². The molecule has 2 rings (SSSR count). The normalized spacial score (nSPS) is 18.6. The van der Waals surface area contributed by atoms with Gasteiger partial charge in [0, 0.05) is 29.7 Å². The first-order valence-corrected chi connectivity index (χ1v) is 8.01. The van der Waals surface area contributed by atoms with Crippen LogP contribution in [0.5, 0.6) is 0 Å². The van der Waals surface area contributed by atoms with Crippen LogP contribution in [0.15, 0.2) is 22.7 Å². The van der Waals surface area contributed by atoms with Gasteiger partial charge in [-0.2, -0.15) is 0 Å². The number of benzene rings is 1. The zero-order chi connectivity index (χ0) is 15.5. The molecule has 0 aliphatic carbocycles. The highest BCUT2D eigenvalue weighted by atomic mass is 79.9. The molecule has 1 aromatic carbocycles. The van der Waals surface area contributed by atoms with Crippen molar-refractivity contribution in [2.24, 2.45) is 5.41 Å². The van der Waals surface area contributed by atoms with E-state index in [9.17, 15) is 10.1 Å². The van der Waals surface area contributed by atoms with Gasteiger partial charge in [-0.1, -0.05) is 22.9 Å². The lowest BCUT2D eigenvalue weighted by atomic mass is 9.80. The molecular formula is C15H22BrN3O2. The second-order valence-electron chi connectivity index (χ2n) is 6.25. The van der Waals surface area contributed by atoms with Crippen molar-refractivity contribution in [2.45, 2.75) is 26.3 Å². The molecule has 0 radical (unpaired) electrons. The lowest BCUT2D eigenvalue weighted by Gasteiger charge is -2.38. The van der Waals surface area contributed by atoms with Crippen molar-refractivity contribution in [1.29, 1.82) is 0 Å². The van der Waals surface area contributed by atoms with Crippen molar-refractivity contribution >= 4 is 21.6 Å². The van der Waals surface area contributed by atoms with Gasteiger partial charge in [0.25, 0.3) is 5.69 Å². The predicted octanol–water partition coefficient (Wildman–Crippen LogP) is 3.18. The average molecular weight is 356 g/mol. The predicted molar refractivity (Wildman–Crippen MR) is 87.3 cm³/mol. The highest BCUT2D eigenvalue weighted by Crippen LogP contribution is 2.30. The van der Waals surface area contributed by atoms with Crippen molar-refractivity contribution in [1.82, 2.24) is 10.2 Å². The first kappa shape index (κ1) is 16.4. The third-order valence-electron chi connectivity index (χ3n) is 4.31. The van der Waals surface area contributed by atoms with Gasteiger partial charge in [0.2, 0.25) is 0 Å². The monoisotopic (exact) mass is 355 g/mol. The van der Waals surface area contributed by atoms with Crippen molar-refractivity contribution < 1.29 is 4.92 Å². The van der Waals surface area contributed by atoms with Crippen molar-refractivity contribution in [3.05, 3.63) is 38.3 Å². The largest absolute Gasteiger partial charge is 0.312 e. The number of likely N-dealkylation sites (tertiary alicyclic amines) is 1. The number of hydrogen-bond acceptors (Lipinski definition) is 4. The molecule has 0 bridgehead atoms. The molecule has 0 atom stereocenters. The Kier molecular flexibility index (Phi) is 5.35. The second-order valence-corrected chi connectivity index (χ2v) is 7.10. The maximum absolute atomic E-state index is 10.7. The summed E-state index contributed by atoms with van der Waals surface area (Å²) in [5.41, 5.74) is 1.52. The Hall–Kier alpha value is -0.980. The molecule has 0 amide bonds. The summed E-state index contributed by atoms with van der Waals surface area (Å²) in [6.45, 7) is 6.34. The van der Waals surface area contributed by atoms with Gasteiger partial charge in [0.05, 0.1) is 4.92 Å². The van der Waals surface area contributed by atoms with E-state index in [1.807, 2.05) is 6.07 Å². The second kappa shape index (κ2) is 6.85. The first-order chi connectivity index (χ1) is 9.89. The molecule has 1 N–H and O–H groups in total. The van der Waals surface area contributed by atoms with Crippen LogP contribution < -0.4 is 5.32 Å². The molecule has 1 aliphatic heterocycles. The highest BCUT2D eigenvalue weighted by Gasteiger charge is 2.28. The number of piperidine rings is 1. The lowest BCUT2D eigenvalue weighted by molar-refractivity contribution is -0.384. The third-order valence-corrected chi connectivity index (χ3v) is 5.05. The van der Waals surface area contributed by atoms with Crippen molar-refractivity contribution in [3.8, 4) is 0 Å². The first-order valence-electron chi connectivity index (χ1n) is 7.22. The molecule has 0 saturated carbocycles. The van der Waals surface area contributed by atoms with Gasteiger partial charge >= 0.3 is 0 Å². The van der Waals surface area contributed by atoms with E-state index in [2.05, 4.69) is 40.1 Å². The molecular weight excluding hydrogens is 334 g/mol. The molecule has 0 aromatic heterocycles. The maximum Gasteiger partial charge on any atom is 0.270 e. The molecule has 1 fully saturated rings. The van der Waals surface area contributed by atoms with Gasteiger partial charge in [0.1, 0.15) is 0 Å². The average Bonchev–Trinajstić information content (AvgIpc) is 2.44. The van der Waals surface area contributed by atoms with E-state index in [0.717, 1.165) is 36.2 Å². The van der Waals surface area contributed by atoms with Crippen LogP contribution in [-0.4, -0.2) is 36.5 Å². The standard InChI is InChI=1S/C15H22BrN3O2/c1-15(5-7-18(2)8-6-15)11-17-10-12-3-4-13(19(20)21)9-14(12)16/h3-4,9,17H,5-8,10-11H2,1-2H3. The topological polar surface area (TPSA) is 58.4 Å². The molecule has 116 valence electrons. The third kappa shape index (κ3) is 4.49. The van der Waals surface area contributed by atoms with E-state index in [1.165, 1.54) is 12.8 Å². The summed E-state index contributed by atoms with van der Waals surface area (Å²) in [7, 11) is 2.17. The summed E-state index contributed by atoms with van der Waals surface area (Å²) in [6, 6.07) is 4.93. The highest BCUT2D eigenvalue weighted by molar-refractivity contribution is 9.10. The van der Waals surface area contributed by atoms with Crippen molar-refractivity contribution in [3.63, 3.8) is 0 Å². The van der Waals surface area contributed by atoms with Crippen LogP contribution in [-0.2, 0) is 6.54 Å². The molecule has 6 heteroatoms. The van der Waals surface area contributed by atoms with E-state index in [-0.39, 0.29) is 10.6 Å². The Morgan fingerprint density at radius 1 is 1.43 bits per heavy atom. The fourth-order valence-electron chi connectivity index (χ4n) is 2.63. The van der Waals surface area contributed by atoms with E-state index in [1.54, 1.807) is 12.1 Å². The molecule has 1 aliphatic rings. The van der Waals surface area contributed by atoms with Crippen molar-refractivity contribution in [2.75, 3.05) is 26.7 Å². The molecule has 0 unspecified atom stereocenters. The fraction of sp³-hybridized carbons (Fsp3) is 0.600. The quantitative estimate of drug-likeness (QED) is 0.650. The Balaban J connectivity index is 1.87. The van der Waals surface area contributed by atoms with Crippen LogP contribution in [0.1, 0.15) is 25.3 Å². The van der Waals surface area contributed by atoms with Gasteiger partial charge in [-0.15, -0.1) is 0 Å². The Morgan fingerprint density at radius 3 is 2.67 bits per heavy atom.